The highest BCUT2D eigenvalue weighted by molar-refractivity contribution is 6.07. The highest BCUT2D eigenvalue weighted by Crippen LogP contribution is 2.32. The Labute approximate surface area is 203 Å². The van der Waals surface area contributed by atoms with Crippen LogP contribution in [-0.4, -0.2) is 27.4 Å². The van der Waals surface area contributed by atoms with Gasteiger partial charge in [0.25, 0.3) is 11.6 Å². The van der Waals surface area contributed by atoms with Crippen molar-refractivity contribution in [1.29, 1.82) is 0 Å². The number of nitro benzene ring substituents is 2. The van der Waals surface area contributed by atoms with Gasteiger partial charge in [0, 0.05) is 29.2 Å². The van der Waals surface area contributed by atoms with E-state index in [1.807, 2.05) is 0 Å². The van der Waals surface area contributed by atoms with Crippen LogP contribution < -0.4 is 16.3 Å². The number of hydrazone groups is 1. The summed E-state index contributed by atoms with van der Waals surface area (Å²) in [5.74, 6) is -0.611. The maximum absolute atomic E-state index is 12.7. The van der Waals surface area contributed by atoms with Crippen molar-refractivity contribution in [1.82, 2.24) is 10.9 Å². The van der Waals surface area contributed by atoms with Crippen molar-refractivity contribution in [2.24, 2.45) is 5.10 Å². The van der Waals surface area contributed by atoms with Crippen LogP contribution in [0.25, 0.3) is 0 Å². The number of benzene rings is 2. The van der Waals surface area contributed by atoms with Gasteiger partial charge < -0.3 is 4.42 Å². The molecule has 0 fully saturated rings. The molecule has 1 aromatic heterocycles. The maximum Gasteiger partial charge on any atom is 0.305 e. The van der Waals surface area contributed by atoms with E-state index in [1.165, 1.54) is 6.07 Å². The highest BCUT2D eigenvalue weighted by Gasteiger charge is 2.28. The van der Waals surface area contributed by atoms with Crippen LogP contribution in [0, 0.1) is 27.2 Å². The van der Waals surface area contributed by atoms with E-state index in [4.69, 9.17) is 4.42 Å². The number of nitrogens with one attached hydrogen (secondary N) is 3. The molecule has 13 heteroatoms. The van der Waals surface area contributed by atoms with Crippen molar-refractivity contribution in [3.63, 3.8) is 0 Å². The number of anilines is 1. The van der Waals surface area contributed by atoms with Crippen molar-refractivity contribution in [3.8, 4) is 0 Å². The molecule has 36 heavy (non-hydrogen) atoms. The number of furan rings is 1. The minimum atomic E-state index is -0.739. The molecule has 0 radical (unpaired) electrons. The molecule has 0 atom stereocenters. The summed E-state index contributed by atoms with van der Waals surface area (Å²) in [5, 5.41) is 26.6. The van der Waals surface area contributed by atoms with E-state index >= 15 is 0 Å². The minimum absolute atomic E-state index is 0.00396. The van der Waals surface area contributed by atoms with E-state index in [0.29, 0.717) is 47.4 Å². The number of fused-ring (bicyclic) bond motifs is 1. The third-order valence-corrected chi connectivity index (χ3v) is 5.56. The molecule has 184 valence electrons. The van der Waals surface area contributed by atoms with E-state index < -0.39 is 33.0 Å². The molecule has 0 aliphatic heterocycles. The predicted octanol–water partition coefficient (Wildman–Crippen LogP) is 3.63. The van der Waals surface area contributed by atoms with Gasteiger partial charge in [-0.3, -0.25) is 46.1 Å². The third-order valence-electron chi connectivity index (χ3n) is 5.56. The average molecular weight is 492 g/mol. The SMILES string of the molecule is Cc1c(C(=O)NNC(=O)c2ccccc2)oc2c1/C(=N/Nc1ccc([N+](=O)[O-])cc1[N+](=O)[O-])CCC2. The molecule has 2 aromatic carbocycles. The molecule has 4 rings (SSSR count). The number of carbonyl (C=O) groups excluding carboxylic acids is 2. The molecule has 0 unspecified atom stereocenters. The number of non-ortho nitro benzene ring substituents is 1. The van der Waals surface area contributed by atoms with Gasteiger partial charge in [0.1, 0.15) is 11.4 Å². The van der Waals surface area contributed by atoms with Gasteiger partial charge in [0.2, 0.25) is 0 Å². The second kappa shape index (κ2) is 10.0. The number of carbonyl (C=O) groups is 2. The standard InChI is InChI=1S/C23H20N6O7/c1-13-20-17(25-24-16-11-10-15(28(32)33)12-18(16)29(34)35)8-5-9-19(20)36-21(13)23(31)27-26-22(30)14-6-3-2-4-7-14/h2-4,6-7,10-12,24H,5,8-9H2,1H3,(H,26,30)(H,27,31)/b25-17+. The van der Waals surface area contributed by atoms with Crippen LogP contribution in [0.4, 0.5) is 17.1 Å². The highest BCUT2D eigenvalue weighted by atomic mass is 16.6. The second-order valence-electron chi connectivity index (χ2n) is 7.87. The smallest absolute Gasteiger partial charge is 0.305 e. The summed E-state index contributed by atoms with van der Waals surface area (Å²) in [4.78, 5) is 45.8. The summed E-state index contributed by atoms with van der Waals surface area (Å²) in [7, 11) is 0. The molecule has 2 amide bonds. The van der Waals surface area contributed by atoms with Crippen molar-refractivity contribution >= 4 is 34.6 Å². The van der Waals surface area contributed by atoms with E-state index in [9.17, 15) is 29.8 Å². The number of hydrogen-bond donors (Lipinski definition) is 3. The van der Waals surface area contributed by atoms with Crippen LogP contribution >= 0.6 is 0 Å². The molecular weight excluding hydrogens is 472 g/mol. The van der Waals surface area contributed by atoms with E-state index in [1.54, 1.807) is 37.3 Å². The molecule has 0 saturated carbocycles. The van der Waals surface area contributed by atoms with Gasteiger partial charge in [0.05, 0.1) is 21.6 Å². The van der Waals surface area contributed by atoms with Crippen molar-refractivity contribution in [2.75, 3.05) is 5.43 Å². The van der Waals surface area contributed by atoms with Crippen molar-refractivity contribution in [2.45, 2.75) is 26.2 Å². The quantitative estimate of drug-likeness (QED) is 0.344. The van der Waals surface area contributed by atoms with Crippen LogP contribution in [0.5, 0.6) is 0 Å². The Hall–Kier alpha value is -5.07. The normalized spacial score (nSPS) is 13.5. The summed E-state index contributed by atoms with van der Waals surface area (Å²) in [6.45, 7) is 1.67. The van der Waals surface area contributed by atoms with Crippen LogP contribution in [0.3, 0.4) is 0 Å². The van der Waals surface area contributed by atoms with Crippen LogP contribution in [0.1, 0.15) is 50.6 Å². The number of amides is 2. The van der Waals surface area contributed by atoms with Gasteiger partial charge in [-0.05, 0) is 38.0 Å². The molecule has 3 N–H and O–H groups in total. The van der Waals surface area contributed by atoms with Crippen LogP contribution in [-0.2, 0) is 6.42 Å². The summed E-state index contributed by atoms with van der Waals surface area (Å²) < 4.78 is 5.77. The van der Waals surface area contributed by atoms with Gasteiger partial charge in [-0.25, -0.2) is 0 Å². The lowest BCUT2D eigenvalue weighted by Gasteiger charge is -2.13. The minimum Gasteiger partial charge on any atom is -0.455 e. The fourth-order valence-corrected chi connectivity index (χ4v) is 3.84. The molecule has 0 bridgehead atoms. The summed E-state index contributed by atoms with van der Waals surface area (Å²) >= 11 is 0. The first kappa shape index (κ1) is 24.1. The summed E-state index contributed by atoms with van der Waals surface area (Å²) in [6, 6.07) is 11.6. The fraction of sp³-hybridized carbons (Fsp3) is 0.174. The molecule has 1 aliphatic carbocycles. The Morgan fingerprint density at radius 1 is 0.972 bits per heavy atom. The van der Waals surface area contributed by atoms with Gasteiger partial charge in [-0.1, -0.05) is 18.2 Å². The first-order valence-electron chi connectivity index (χ1n) is 10.8. The first-order valence-corrected chi connectivity index (χ1v) is 10.8. The Morgan fingerprint density at radius 2 is 1.69 bits per heavy atom. The van der Waals surface area contributed by atoms with Crippen LogP contribution in [0.2, 0.25) is 0 Å². The van der Waals surface area contributed by atoms with E-state index in [-0.39, 0.29) is 11.4 Å². The molecule has 1 aliphatic rings. The van der Waals surface area contributed by atoms with E-state index in [0.717, 1.165) is 12.1 Å². The Balaban J connectivity index is 1.55. The molecule has 3 aromatic rings. The molecule has 0 spiro atoms. The van der Waals surface area contributed by atoms with Crippen molar-refractivity contribution in [3.05, 3.63) is 97.0 Å². The Bertz CT molecular complexity index is 1400. The number of nitro groups is 2. The zero-order valence-electron chi connectivity index (χ0n) is 18.9. The first-order chi connectivity index (χ1) is 17.3. The molecule has 1 heterocycles. The van der Waals surface area contributed by atoms with E-state index in [2.05, 4.69) is 21.4 Å². The lowest BCUT2D eigenvalue weighted by molar-refractivity contribution is -0.393. The van der Waals surface area contributed by atoms with Gasteiger partial charge in [-0.2, -0.15) is 5.10 Å². The largest absolute Gasteiger partial charge is 0.455 e. The third kappa shape index (κ3) is 4.89. The number of hydrazine groups is 1. The number of hydrogen-bond acceptors (Lipinski definition) is 9. The Morgan fingerprint density at radius 3 is 2.39 bits per heavy atom. The lowest BCUT2D eigenvalue weighted by atomic mass is 9.93. The average Bonchev–Trinajstić information content (AvgIpc) is 3.23. The lowest BCUT2D eigenvalue weighted by Crippen LogP contribution is -2.41. The van der Waals surface area contributed by atoms with Crippen molar-refractivity contribution < 1.29 is 23.9 Å². The topological polar surface area (TPSA) is 182 Å². The number of nitrogens with zero attached hydrogens (tertiary/aromatic N) is 3. The fourth-order valence-electron chi connectivity index (χ4n) is 3.84. The monoisotopic (exact) mass is 492 g/mol. The second-order valence-corrected chi connectivity index (χ2v) is 7.87. The molecule has 13 nitrogen and oxygen atoms in total. The zero-order valence-corrected chi connectivity index (χ0v) is 18.9. The summed E-state index contributed by atoms with van der Waals surface area (Å²) in [5.41, 5.74) is 8.33. The zero-order chi connectivity index (χ0) is 25.8. The molecule has 0 saturated heterocycles. The number of aryl methyl sites for hydroxylation is 1. The maximum atomic E-state index is 12.7. The Kier molecular flexibility index (Phi) is 6.72. The van der Waals surface area contributed by atoms with Gasteiger partial charge in [0.15, 0.2) is 5.76 Å². The predicted molar refractivity (Wildman–Crippen MR) is 128 cm³/mol. The summed E-state index contributed by atoms with van der Waals surface area (Å²) in [6.07, 6.45) is 1.72. The molecular formula is C23H20N6O7. The number of rotatable bonds is 6. The van der Waals surface area contributed by atoms with Crippen LogP contribution in [0.15, 0.2) is 58.0 Å². The van der Waals surface area contributed by atoms with Gasteiger partial charge >= 0.3 is 11.6 Å². The van der Waals surface area contributed by atoms with Gasteiger partial charge in [-0.15, -0.1) is 0 Å².